The van der Waals surface area contributed by atoms with E-state index in [0.717, 1.165) is 25.9 Å². The van der Waals surface area contributed by atoms with Crippen molar-refractivity contribution in [1.82, 2.24) is 4.90 Å². The number of hydrogen-bond acceptors (Lipinski definition) is 4. The minimum Gasteiger partial charge on any atom is -0.394 e. The highest BCUT2D eigenvalue weighted by Gasteiger charge is 2.58. The first-order valence-corrected chi connectivity index (χ1v) is 6.93. The number of fused-ring (bicyclic) bond motifs is 3. The van der Waals surface area contributed by atoms with Gasteiger partial charge in [-0.3, -0.25) is 9.69 Å². The smallest absolute Gasteiger partial charge is 0.163 e. The molecule has 0 saturated carbocycles. The van der Waals surface area contributed by atoms with E-state index in [1.165, 1.54) is 0 Å². The van der Waals surface area contributed by atoms with E-state index >= 15 is 0 Å². The zero-order chi connectivity index (χ0) is 13.4. The summed E-state index contributed by atoms with van der Waals surface area (Å²) in [7, 11) is 0. The third-order valence-electron chi connectivity index (χ3n) is 4.50. The molecule has 4 nitrogen and oxygen atoms in total. The van der Waals surface area contributed by atoms with E-state index in [1.807, 2.05) is 6.92 Å². The van der Waals surface area contributed by atoms with Crippen molar-refractivity contribution < 1.29 is 14.6 Å². The van der Waals surface area contributed by atoms with E-state index < -0.39 is 5.54 Å². The molecule has 2 bridgehead atoms. The molecule has 3 fully saturated rings. The predicted octanol–water partition coefficient (Wildman–Crippen LogP) is 1.07. The van der Waals surface area contributed by atoms with Gasteiger partial charge in [-0.25, -0.2) is 0 Å². The van der Waals surface area contributed by atoms with Gasteiger partial charge in [-0.1, -0.05) is 20.8 Å². The molecule has 1 atom stereocenters. The molecule has 0 aliphatic carbocycles. The monoisotopic (exact) mass is 255 g/mol. The van der Waals surface area contributed by atoms with Crippen LogP contribution in [0.5, 0.6) is 0 Å². The molecular formula is C14H25NO3. The summed E-state index contributed by atoms with van der Waals surface area (Å²) in [4.78, 5) is 14.8. The first-order chi connectivity index (χ1) is 8.44. The van der Waals surface area contributed by atoms with Gasteiger partial charge in [0.05, 0.1) is 13.2 Å². The highest BCUT2D eigenvalue weighted by Crippen LogP contribution is 2.44. The lowest BCUT2D eigenvalue weighted by atomic mass is 9.64. The molecule has 0 radical (unpaired) electrons. The summed E-state index contributed by atoms with van der Waals surface area (Å²) in [6.07, 6.45) is 1.83. The fourth-order valence-corrected chi connectivity index (χ4v) is 3.20. The minimum atomic E-state index is -0.778. The Hall–Kier alpha value is -0.450. The first-order valence-electron chi connectivity index (χ1n) is 6.93. The second kappa shape index (κ2) is 4.91. The van der Waals surface area contributed by atoms with Crippen LogP contribution in [0.2, 0.25) is 0 Å². The summed E-state index contributed by atoms with van der Waals surface area (Å²) in [5.41, 5.74) is -1.03. The van der Waals surface area contributed by atoms with Crippen molar-refractivity contribution in [1.29, 1.82) is 0 Å². The van der Waals surface area contributed by atoms with E-state index in [1.54, 1.807) is 0 Å². The zero-order valence-corrected chi connectivity index (χ0v) is 11.7. The van der Waals surface area contributed by atoms with Gasteiger partial charge >= 0.3 is 0 Å². The van der Waals surface area contributed by atoms with Crippen LogP contribution in [0, 0.1) is 11.3 Å². The molecule has 4 heteroatoms. The van der Waals surface area contributed by atoms with E-state index in [0.29, 0.717) is 19.1 Å². The van der Waals surface area contributed by atoms with Gasteiger partial charge < -0.3 is 9.84 Å². The Kier molecular flexibility index (Phi) is 3.81. The maximum atomic E-state index is 12.7. The van der Waals surface area contributed by atoms with E-state index in [2.05, 4.69) is 18.7 Å². The van der Waals surface area contributed by atoms with Crippen LogP contribution in [0.15, 0.2) is 0 Å². The van der Waals surface area contributed by atoms with Crippen LogP contribution in [0.4, 0.5) is 0 Å². The molecule has 0 aromatic rings. The van der Waals surface area contributed by atoms with Gasteiger partial charge in [0.15, 0.2) is 5.78 Å². The number of rotatable bonds is 5. The molecule has 3 heterocycles. The molecule has 18 heavy (non-hydrogen) atoms. The second-order valence-corrected chi connectivity index (χ2v) is 6.48. The summed E-state index contributed by atoms with van der Waals surface area (Å²) in [5.74, 6) is 0.626. The molecule has 0 aromatic heterocycles. The number of hydrogen-bond donors (Lipinski definition) is 1. The van der Waals surface area contributed by atoms with E-state index in [4.69, 9.17) is 4.74 Å². The molecule has 0 unspecified atom stereocenters. The van der Waals surface area contributed by atoms with Crippen molar-refractivity contribution in [3.8, 4) is 0 Å². The highest BCUT2D eigenvalue weighted by atomic mass is 16.5. The molecule has 3 saturated heterocycles. The highest BCUT2D eigenvalue weighted by molar-refractivity contribution is 5.95. The van der Waals surface area contributed by atoms with Gasteiger partial charge in [0.25, 0.3) is 0 Å². The number of aliphatic hydroxyl groups excluding tert-OH is 1. The lowest BCUT2D eigenvalue weighted by Gasteiger charge is -2.56. The Labute approximate surface area is 109 Å². The third kappa shape index (κ3) is 2.10. The Morgan fingerprint density at radius 2 is 2.00 bits per heavy atom. The number of nitrogens with zero attached hydrogens (tertiary/aromatic N) is 1. The Morgan fingerprint density at radius 3 is 2.50 bits per heavy atom. The van der Waals surface area contributed by atoms with Crippen molar-refractivity contribution in [2.45, 2.75) is 39.2 Å². The minimum absolute atomic E-state index is 0.125. The Balaban J connectivity index is 2.13. The zero-order valence-electron chi connectivity index (χ0n) is 11.7. The fourth-order valence-electron chi connectivity index (χ4n) is 3.20. The molecule has 3 aliphatic rings. The molecular weight excluding hydrogens is 230 g/mol. The van der Waals surface area contributed by atoms with Gasteiger partial charge in [-0.2, -0.15) is 0 Å². The molecule has 0 spiro atoms. The number of Topliss-reactive ketones (excluding diaryl/α,β-unsaturated/α-hetero) is 1. The number of carbonyl (C=O) groups excluding carboxylic acids is 1. The second-order valence-electron chi connectivity index (χ2n) is 6.48. The quantitative estimate of drug-likeness (QED) is 0.798. The summed E-state index contributed by atoms with van der Waals surface area (Å²) in [6.45, 7) is 8.85. The lowest BCUT2D eigenvalue weighted by Crippen LogP contribution is -2.72. The number of aliphatic hydroxyl groups is 1. The Bertz CT molecular complexity index is 321. The number of piperidine rings is 3. The van der Waals surface area contributed by atoms with Crippen LogP contribution in [-0.4, -0.2) is 54.2 Å². The fraction of sp³-hybridized carbons (Fsp3) is 0.929. The van der Waals surface area contributed by atoms with Gasteiger partial charge in [0.2, 0.25) is 0 Å². The van der Waals surface area contributed by atoms with Gasteiger partial charge in [-0.15, -0.1) is 0 Å². The van der Waals surface area contributed by atoms with Crippen LogP contribution >= 0.6 is 0 Å². The van der Waals surface area contributed by atoms with Crippen molar-refractivity contribution in [2.75, 3.05) is 32.9 Å². The third-order valence-corrected chi connectivity index (χ3v) is 4.50. The van der Waals surface area contributed by atoms with Crippen LogP contribution < -0.4 is 0 Å². The standard InChI is InChI=1S/C14H25NO3/c1-11(2)8-18-10-14(9-16)12(17)13(3)4-6-15(14)7-5-13/h11,16H,4-10H2,1-3H3/t14-/m1/s1. The van der Waals surface area contributed by atoms with Crippen LogP contribution in [0.3, 0.4) is 0 Å². The molecule has 104 valence electrons. The van der Waals surface area contributed by atoms with E-state index in [9.17, 15) is 9.90 Å². The van der Waals surface area contributed by atoms with Crippen LogP contribution in [0.25, 0.3) is 0 Å². The Morgan fingerprint density at radius 1 is 1.39 bits per heavy atom. The molecule has 1 N–H and O–H groups in total. The average molecular weight is 255 g/mol. The number of ether oxygens (including phenoxy) is 1. The van der Waals surface area contributed by atoms with E-state index in [-0.39, 0.29) is 17.8 Å². The topological polar surface area (TPSA) is 49.8 Å². The maximum Gasteiger partial charge on any atom is 0.163 e. The summed E-state index contributed by atoms with van der Waals surface area (Å²) < 4.78 is 5.67. The first kappa shape index (κ1) is 14.0. The number of ketones is 1. The van der Waals surface area contributed by atoms with Crippen molar-refractivity contribution in [3.05, 3.63) is 0 Å². The lowest BCUT2D eigenvalue weighted by molar-refractivity contribution is -0.170. The van der Waals surface area contributed by atoms with Gasteiger partial charge in [0, 0.05) is 25.1 Å². The van der Waals surface area contributed by atoms with Gasteiger partial charge in [0.1, 0.15) is 5.54 Å². The SMILES string of the molecule is CC(C)COC[C@]1(CO)C(=O)C2(C)CCN1CC2. The molecule has 3 aliphatic heterocycles. The molecule has 3 rings (SSSR count). The largest absolute Gasteiger partial charge is 0.394 e. The normalized spacial score (nSPS) is 39.6. The van der Waals surface area contributed by atoms with Crippen molar-refractivity contribution in [2.24, 2.45) is 11.3 Å². The average Bonchev–Trinajstić information content (AvgIpc) is 2.34. The molecule has 0 amide bonds. The molecule has 0 aromatic carbocycles. The number of carbonyl (C=O) groups is 1. The maximum absolute atomic E-state index is 12.7. The van der Waals surface area contributed by atoms with Crippen LogP contribution in [-0.2, 0) is 9.53 Å². The summed E-state index contributed by atoms with van der Waals surface area (Å²) in [5, 5.41) is 9.77. The van der Waals surface area contributed by atoms with Crippen molar-refractivity contribution in [3.63, 3.8) is 0 Å². The van der Waals surface area contributed by atoms with Gasteiger partial charge in [-0.05, 0) is 18.8 Å². The van der Waals surface area contributed by atoms with Crippen LogP contribution in [0.1, 0.15) is 33.6 Å². The summed E-state index contributed by atoms with van der Waals surface area (Å²) >= 11 is 0. The van der Waals surface area contributed by atoms with Crippen molar-refractivity contribution >= 4 is 5.78 Å². The predicted molar refractivity (Wildman–Crippen MR) is 69.4 cm³/mol. The summed E-state index contributed by atoms with van der Waals surface area (Å²) in [6, 6.07) is 0.